The number of esters is 1. The Kier molecular flexibility index (Phi) is 8.64. The lowest BCUT2D eigenvalue weighted by molar-refractivity contribution is -0.151. The highest BCUT2D eigenvalue weighted by Crippen LogP contribution is 2.32. The first-order valence-corrected chi connectivity index (χ1v) is 12.4. The lowest BCUT2D eigenvalue weighted by atomic mass is 9.89. The molecule has 0 bridgehead atoms. The van der Waals surface area contributed by atoms with Gasteiger partial charge >= 0.3 is 5.97 Å². The lowest BCUT2D eigenvalue weighted by Gasteiger charge is -2.33. The standard InChI is InChI=1S/C25H34N2O3S/c1-4-7-18(5-2)19-8-10-20(11-9-19)22(25(29)30-6-3)24(28)27-15-12-21(13-16-27)23-26-14-17-31-23/h8-11,14,17-18,21-22H,4-7,12-13,15-16H2,1-3H3. The zero-order valence-corrected chi connectivity index (χ0v) is 19.7. The van der Waals surface area contributed by atoms with Gasteiger partial charge in [0, 0.05) is 30.6 Å². The summed E-state index contributed by atoms with van der Waals surface area (Å²) in [5.74, 6) is -0.585. The third kappa shape index (κ3) is 5.73. The number of nitrogens with zero attached hydrogens (tertiary/aromatic N) is 2. The van der Waals surface area contributed by atoms with E-state index < -0.39 is 11.9 Å². The first-order valence-electron chi connectivity index (χ1n) is 11.5. The Balaban J connectivity index is 1.74. The molecule has 1 aliphatic heterocycles. The minimum atomic E-state index is -0.892. The number of hydrogen-bond acceptors (Lipinski definition) is 5. The van der Waals surface area contributed by atoms with Gasteiger partial charge in [-0.1, -0.05) is 44.5 Å². The summed E-state index contributed by atoms with van der Waals surface area (Å²) >= 11 is 1.67. The first kappa shape index (κ1) is 23.5. The molecule has 1 aromatic heterocycles. The summed E-state index contributed by atoms with van der Waals surface area (Å²) in [6, 6.07) is 8.03. The van der Waals surface area contributed by atoms with E-state index in [1.54, 1.807) is 18.3 Å². The number of piperidine rings is 1. The van der Waals surface area contributed by atoms with E-state index in [0.29, 0.717) is 24.9 Å². The summed E-state index contributed by atoms with van der Waals surface area (Å²) in [6.45, 7) is 7.73. The van der Waals surface area contributed by atoms with Crippen molar-refractivity contribution in [1.82, 2.24) is 9.88 Å². The number of likely N-dealkylation sites (tertiary alicyclic amines) is 1. The van der Waals surface area contributed by atoms with Gasteiger partial charge in [-0.05, 0) is 49.7 Å². The van der Waals surface area contributed by atoms with Crippen LogP contribution in [0.2, 0.25) is 0 Å². The molecule has 1 saturated heterocycles. The normalized spacial score (nSPS) is 16.7. The van der Waals surface area contributed by atoms with Crippen LogP contribution in [0.1, 0.15) is 86.8 Å². The molecule has 2 aromatic rings. The first-order chi connectivity index (χ1) is 15.1. The van der Waals surface area contributed by atoms with Gasteiger partial charge < -0.3 is 9.64 Å². The van der Waals surface area contributed by atoms with Gasteiger partial charge in [-0.3, -0.25) is 9.59 Å². The third-order valence-corrected chi connectivity index (χ3v) is 7.19. The molecule has 168 valence electrons. The van der Waals surface area contributed by atoms with Crippen LogP contribution in [-0.2, 0) is 14.3 Å². The molecular weight excluding hydrogens is 408 g/mol. The fourth-order valence-electron chi connectivity index (χ4n) is 4.49. The van der Waals surface area contributed by atoms with Crippen LogP contribution in [0.25, 0.3) is 0 Å². The van der Waals surface area contributed by atoms with E-state index in [9.17, 15) is 9.59 Å². The average molecular weight is 443 g/mol. The minimum absolute atomic E-state index is 0.149. The van der Waals surface area contributed by atoms with Gasteiger partial charge in [0.05, 0.1) is 11.6 Å². The second-order valence-corrected chi connectivity index (χ2v) is 9.14. The zero-order chi connectivity index (χ0) is 22.2. The number of carbonyl (C=O) groups excluding carboxylic acids is 2. The Morgan fingerprint density at radius 1 is 1.13 bits per heavy atom. The van der Waals surface area contributed by atoms with E-state index in [1.165, 1.54) is 5.56 Å². The van der Waals surface area contributed by atoms with E-state index in [2.05, 4.69) is 31.0 Å². The van der Waals surface area contributed by atoms with Crippen LogP contribution in [0, 0.1) is 0 Å². The smallest absolute Gasteiger partial charge is 0.323 e. The van der Waals surface area contributed by atoms with E-state index in [0.717, 1.165) is 42.7 Å². The van der Waals surface area contributed by atoms with Gasteiger partial charge in [-0.2, -0.15) is 0 Å². The second-order valence-electron chi connectivity index (χ2n) is 8.22. The Labute approximate surface area is 189 Å². The van der Waals surface area contributed by atoms with Crippen LogP contribution in [-0.4, -0.2) is 41.5 Å². The van der Waals surface area contributed by atoms with Crippen molar-refractivity contribution in [2.24, 2.45) is 0 Å². The van der Waals surface area contributed by atoms with Gasteiger partial charge in [0.25, 0.3) is 0 Å². The molecule has 0 spiro atoms. The molecule has 2 atom stereocenters. The van der Waals surface area contributed by atoms with Gasteiger partial charge in [0.1, 0.15) is 0 Å². The van der Waals surface area contributed by atoms with Crippen molar-refractivity contribution < 1.29 is 14.3 Å². The number of carbonyl (C=O) groups is 2. The number of amides is 1. The molecular formula is C25H34N2O3S. The highest BCUT2D eigenvalue weighted by Gasteiger charge is 2.35. The number of benzene rings is 1. The number of rotatable bonds is 9. The number of ether oxygens (including phenoxy) is 1. The van der Waals surface area contributed by atoms with E-state index in [-0.39, 0.29) is 12.5 Å². The second kappa shape index (κ2) is 11.4. The summed E-state index contributed by atoms with van der Waals surface area (Å²) in [6.07, 6.45) is 6.96. The maximum Gasteiger partial charge on any atom is 0.323 e. The summed E-state index contributed by atoms with van der Waals surface area (Å²) in [4.78, 5) is 32.4. The molecule has 1 aliphatic rings. The van der Waals surface area contributed by atoms with Crippen molar-refractivity contribution in [3.8, 4) is 0 Å². The van der Waals surface area contributed by atoms with Crippen molar-refractivity contribution in [3.63, 3.8) is 0 Å². The molecule has 6 heteroatoms. The lowest BCUT2D eigenvalue weighted by Crippen LogP contribution is -2.43. The van der Waals surface area contributed by atoms with Crippen LogP contribution in [0.15, 0.2) is 35.8 Å². The molecule has 2 unspecified atom stereocenters. The summed E-state index contributed by atoms with van der Waals surface area (Å²) in [7, 11) is 0. The molecule has 0 radical (unpaired) electrons. The molecule has 2 heterocycles. The number of aromatic nitrogens is 1. The maximum absolute atomic E-state index is 13.4. The molecule has 0 N–H and O–H groups in total. The van der Waals surface area contributed by atoms with Crippen LogP contribution >= 0.6 is 11.3 Å². The Morgan fingerprint density at radius 2 is 1.81 bits per heavy atom. The molecule has 0 saturated carbocycles. The largest absolute Gasteiger partial charge is 0.465 e. The molecule has 1 fully saturated rings. The molecule has 1 amide bonds. The van der Waals surface area contributed by atoms with Crippen LogP contribution in [0.3, 0.4) is 0 Å². The van der Waals surface area contributed by atoms with Gasteiger partial charge in [0.15, 0.2) is 5.92 Å². The summed E-state index contributed by atoms with van der Waals surface area (Å²) in [5.41, 5.74) is 1.99. The van der Waals surface area contributed by atoms with Gasteiger partial charge in [-0.25, -0.2) is 4.98 Å². The predicted octanol–water partition coefficient (Wildman–Crippen LogP) is 5.49. The average Bonchev–Trinajstić information content (AvgIpc) is 3.33. The van der Waals surface area contributed by atoms with Crippen molar-refractivity contribution in [3.05, 3.63) is 52.0 Å². The molecule has 1 aromatic carbocycles. The molecule has 0 aliphatic carbocycles. The van der Waals surface area contributed by atoms with Gasteiger partial charge in [-0.15, -0.1) is 11.3 Å². The molecule has 5 nitrogen and oxygen atoms in total. The monoisotopic (exact) mass is 442 g/mol. The predicted molar refractivity (Wildman–Crippen MR) is 124 cm³/mol. The van der Waals surface area contributed by atoms with Crippen molar-refractivity contribution >= 4 is 23.2 Å². The fraction of sp³-hybridized carbons (Fsp3) is 0.560. The van der Waals surface area contributed by atoms with Crippen LogP contribution in [0.5, 0.6) is 0 Å². The Morgan fingerprint density at radius 3 is 2.35 bits per heavy atom. The fourth-order valence-corrected chi connectivity index (χ4v) is 5.30. The quantitative estimate of drug-likeness (QED) is 0.381. The van der Waals surface area contributed by atoms with Gasteiger partial charge in [0.2, 0.25) is 5.91 Å². The molecule has 3 rings (SSSR count). The minimum Gasteiger partial charge on any atom is -0.465 e. The summed E-state index contributed by atoms with van der Waals surface area (Å²) < 4.78 is 5.29. The zero-order valence-electron chi connectivity index (χ0n) is 18.9. The van der Waals surface area contributed by atoms with Crippen molar-refractivity contribution in [2.75, 3.05) is 19.7 Å². The van der Waals surface area contributed by atoms with Crippen molar-refractivity contribution in [2.45, 2.75) is 70.6 Å². The number of thiazole rings is 1. The van der Waals surface area contributed by atoms with E-state index in [1.807, 2.05) is 28.6 Å². The topological polar surface area (TPSA) is 59.5 Å². The van der Waals surface area contributed by atoms with Crippen LogP contribution in [0.4, 0.5) is 0 Å². The van der Waals surface area contributed by atoms with Crippen molar-refractivity contribution in [1.29, 1.82) is 0 Å². The molecule has 31 heavy (non-hydrogen) atoms. The Bertz CT molecular complexity index is 827. The van der Waals surface area contributed by atoms with Crippen LogP contribution < -0.4 is 0 Å². The maximum atomic E-state index is 13.4. The third-order valence-electron chi connectivity index (χ3n) is 6.25. The number of hydrogen-bond donors (Lipinski definition) is 0. The highest BCUT2D eigenvalue weighted by molar-refractivity contribution is 7.09. The van der Waals surface area contributed by atoms with E-state index in [4.69, 9.17) is 4.74 Å². The highest BCUT2D eigenvalue weighted by atomic mass is 32.1. The van der Waals surface area contributed by atoms with E-state index >= 15 is 0 Å². The SMILES string of the molecule is CCCC(CC)c1ccc(C(C(=O)OCC)C(=O)N2CCC(c3nccs3)CC2)cc1. The summed E-state index contributed by atoms with van der Waals surface area (Å²) in [5, 5.41) is 3.14. The Hall–Kier alpha value is -2.21.